The van der Waals surface area contributed by atoms with Gasteiger partial charge in [0.2, 0.25) is 5.43 Å². The number of halogens is 2. The molecule has 0 aliphatic rings. The van der Waals surface area contributed by atoms with Crippen LogP contribution in [0.5, 0.6) is 11.5 Å². The SMILES string of the molecule is CCC[C@@H](CO)n1cc(OC(=O)O)c(=O)c2cc(Cc3cccc(Cl)c3F)cc(OC)c21. The minimum Gasteiger partial charge on any atom is -0.495 e. The van der Waals surface area contributed by atoms with Crippen LogP contribution in [-0.4, -0.2) is 34.7 Å². The van der Waals surface area contributed by atoms with E-state index in [4.69, 9.17) is 26.2 Å². The predicted molar refractivity (Wildman–Crippen MR) is 119 cm³/mol. The third-order valence-corrected chi connectivity index (χ3v) is 5.48. The topological polar surface area (TPSA) is 98.0 Å². The maximum absolute atomic E-state index is 14.4. The molecule has 1 aromatic heterocycles. The highest BCUT2D eigenvalue weighted by molar-refractivity contribution is 6.30. The van der Waals surface area contributed by atoms with Crippen molar-refractivity contribution in [3.05, 3.63) is 68.7 Å². The van der Waals surface area contributed by atoms with Gasteiger partial charge in [0.15, 0.2) is 5.75 Å². The van der Waals surface area contributed by atoms with Gasteiger partial charge in [0.1, 0.15) is 11.6 Å². The molecule has 32 heavy (non-hydrogen) atoms. The average Bonchev–Trinajstić information content (AvgIpc) is 2.76. The average molecular weight is 464 g/mol. The molecule has 170 valence electrons. The molecule has 3 rings (SSSR count). The van der Waals surface area contributed by atoms with E-state index in [9.17, 15) is 19.1 Å². The fourth-order valence-corrected chi connectivity index (χ4v) is 3.95. The molecule has 0 aliphatic carbocycles. The van der Waals surface area contributed by atoms with E-state index in [1.807, 2.05) is 6.92 Å². The Morgan fingerprint density at radius 3 is 2.66 bits per heavy atom. The highest BCUT2D eigenvalue weighted by Crippen LogP contribution is 2.32. The zero-order chi connectivity index (χ0) is 23.4. The lowest BCUT2D eigenvalue weighted by Crippen LogP contribution is -2.21. The second kappa shape index (κ2) is 10.0. The number of aliphatic hydroxyl groups excluding tert-OH is 1. The standard InChI is InChI=1S/C23H23ClFNO6/c1-3-5-15(12-27)26-11-19(32-23(29)30)22(28)16-9-13(10-18(31-2)21(16)26)8-14-6-4-7-17(24)20(14)25/h4,6-7,9-11,15,27H,3,5,8,12H2,1-2H3,(H,29,30)/t15-/m0/s1. The Bertz CT molecular complexity index is 1210. The van der Waals surface area contributed by atoms with Crippen LogP contribution in [0.4, 0.5) is 9.18 Å². The molecule has 1 atom stereocenters. The molecular weight excluding hydrogens is 441 g/mol. The second-order valence-electron chi connectivity index (χ2n) is 7.31. The molecule has 0 aliphatic heterocycles. The Kier molecular flexibility index (Phi) is 7.37. The molecule has 0 saturated heterocycles. The van der Waals surface area contributed by atoms with Crippen molar-refractivity contribution in [1.82, 2.24) is 4.57 Å². The summed E-state index contributed by atoms with van der Waals surface area (Å²) in [6.07, 6.45) is 1.07. The first kappa shape index (κ1) is 23.6. The monoisotopic (exact) mass is 463 g/mol. The maximum atomic E-state index is 14.4. The van der Waals surface area contributed by atoms with Crippen molar-refractivity contribution in [2.45, 2.75) is 32.2 Å². The second-order valence-corrected chi connectivity index (χ2v) is 7.71. The minimum atomic E-state index is -1.63. The van der Waals surface area contributed by atoms with Crippen LogP contribution >= 0.6 is 11.6 Å². The van der Waals surface area contributed by atoms with Gasteiger partial charge in [-0.25, -0.2) is 9.18 Å². The van der Waals surface area contributed by atoms with Gasteiger partial charge in [-0.3, -0.25) is 4.79 Å². The number of fused-ring (bicyclic) bond motifs is 1. The van der Waals surface area contributed by atoms with Crippen molar-refractivity contribution in [2.24, 2.45) is 0 Å². The molecular formula is C23H23ClFNO6. The zero-order valence-electron chi connectivity index (χ0n) is 17.6. The Morgan fingerprint density at radius 1 is 1.28 bits per heavy atom. The van der Waals surface area contributed by atoms with Crippen molar-refractivity contribution < 1.29 is 28.9 Å². The lowest BCUT2D eigenvalue weighted by Gasteiger charge is -2.23. The van der Waals surface area contributed by atoms with Gasteiger partial charge in [0.05, 0.1) is 41.9 Å². The van der Waals surface area contributed by atoms with E-state index in [2.05, 4.69) is 0 Å². The molecule has 7 nitrogen and oxygen atoms in total. The largest absolute Gasteiger partial charge is 0.511 e. The van der Waals surface area contributed by atoms with Crippen LogP contribution in [0.1, 0.15) is 36.9 Å². The summed E-state index contributed by atoms with van der Waals surface area (Å²) < 4.78 is 26.3. The van der Waals surface area contributed by atoms with Crippen LogP contribution < -0.4 is 14.9 Å². The van der Waals surface area contributed by atoms with Crippen molar-refractivity contribution in [1.29, 1.82) is 0 Å². The number of rotatable bonds is 8. The number of hydrogen-bond donors (Lipinski definition) is 2. The van der Waals surface area contributed by atoms with E-state index in [0.717, 1.165) is 6.42 Å². The van der Waals surface area contributed by atoms with Crippen molar-refractivity contribution in [3.8, 4) is 11.5 Å². The molecule has 0 bridgehead atoms. The summed E-state index contributed by atoms with van der Waals surface area (Å²) in [5.41, 5.74) is 0.621. The lowest BCUT2D eigenvalue weighted by molar-refractivity contribution is 0.143. The number of carboxylic acid groups (broad SMARTS) is 1. The zero-order valence-corrected chi connectivity index (χ0v) is 18.4. The fraction of sp³-hybridized carbons (Fsp3) is 0.304. The smallest absolute Gasteiger partial charge is 0.495 e. The number of nitrogens with zero attached hydrogens (tertiary/aromatic N) is 1. The number of aromatic nitrogens is 1. The lowest BCUT2D eigenvalue weighted by atomic mass is 10.0. The molecule has 9 heteroatoms. The van der Waals surface area contributed by atoms with Gasteiger partial charge in [-0.1, -0.05) is 37.1 Å². The van der Waals surface area contributed by atoms with Crippen molar-refractivity contribution in [3.63, 3.8) is 0 Å². The van der Waals surface area contributed by atoms with Gasteiger partial charge >= 0.3 is 6.16 Å². The van der Waals surface area contributed by atoms with E-state index in [1.165, 1.54) is 19.4 Å². The summed E-state index contributed by atoms with van der Waals surface area (Å²) in [7, 11) is 1.43. The summed E-state index contributed by atoms with van der Waals surface area (Å²) in [5, 5.41) is 19.1. The van der Waals surface area contributed by atoms with Crippen LogP contribution in [-0.2, 0) is 6.42 Å². The van der Waals surface area contributed by atoms with Gasteiger partial charge < -0.3 is 24.3 Å². The van der Waals surface area contributed by atoms with E-state index in [-0.39, 0.29) is 23.4 Å². The number of benzene rings is 2. The molecule has 0 saturated carbocycles. The van der Waals surface area contributed by atoms with Crippen LogP contribution in [0.15, 0.2) is 41.3 Å². The Labute approximate surface area is 188 Å². The number of ether oxygens (including phenoxy) is 2. The third kappa shape index (κ3) is 4.71. The molecule has 1 heterocycles. The molecule has 0 fully saturated rings. The van der Waals surface area contributed by atoms with Crippen LogP contribution in [0.2, 0.25) is 5.02 Å². The maximum Gasteiger partial charge on any atom is 0.511 e. The summed E-state index contributed by atoms with van der Waals surface area (Å²) >= 11 is 5.88. The van der Waals surface area contributed by atoms with E-state index < -0.39 is 29.2 Å². The Balaban J connectivity index is 2.29. The van der Waals surface area contributed by atoms with Crippen molar-refractivity contribution >= 4 is 28.7 Å². The predicted octanol–water partition coefficient (Wildman–Crippen LogP) is 4.78. The number of methoxy groups -OCH3 is 1. The number of pyridine rings is 1. The van der Waals surface area contributed by atoms with Crippen LogP contribution in [0.25, 0.3) is 10.9 Å². The Hall–Kier alpha value is -3.10. The van der Waals surface area contributed by atoms with Crippen molar-refractivity contribution in [2.75, 3.05) is 13.7 Å². The van der Waals surface area contributed by atoms with Gasteiger partial charge in [-0.2, -0.15) is 0 Å². The molecule has 0 radical (unpaired) electrons. The number of hydrogen-bond acceptors (Lipinski definition) is 5. The fourth-order valence-electron chi connectivity index (χ4n) is 3.76. The summed E-state index contributed by atoms with van der Waals surface area (Å²) in [6.45, 7) is 1.70. The summed E-state index contributed by atoms with van der Waals surface area (Å²) in [6, 6.07) is 7.44. The highest BCUT2D eigenvalue weighted by atomic mass is 35.5. The van der Waals surface area contributed by atoms with Crippen LogP contribution in [0.3, 0.4) is 0 Å². The van der Waals surface area contributed by atoms with Gasteiger partial charge in [-0.05, 0) is 35.7 Å². The molecule has 0 amide bonds. The highest BCUT2D eigenvalue weighted by Gasteiger charge is 2.21. The van der Waals surface area contributed by atoms with Gasteiger partial charge in [0, 0.05) is 6.42 Å². The molecule has 0 unspecified atom stereocenters. The Morgan fingerprint density at radius 2 is 2.03 bits per heavy atom. The van der Waals surface area contributed by atoms with E-state index >= 15 is 0 Å². The summed E-state index contributed by atoms with van der Waals surface area (Å²) in [5.74, 6) is -0.627. The van der Waals surface area contributed by atoms with Crippen LogP contribution in [0, 0.1) is 5.82 Å². The van der Waals surface area contributed by atoms with E-state index in [0.29, 0.717) is 28.8 Å². The first-order chi connectivity index (χ1) is 15.3. The number of aliphatic hydroxyl groups is 1. The van der Waals surface area contributed by atoms with Gasteiger partial charge in [0.25, 0.3) is 0 Å². The summed E-state index contributed by atoms with van der Waals surface area (Å²) in [4.78, 5) is 24.2. The molecule has 2 aromatic carbocycles. The third-order valence-electron chi connectivity index (χ3n) is 5.19. The normalized spacial score (nSPS) is 12.0. The molecule has 0 spiro atoms. The number of carbonyl (C=O) groups is 1. The van der Waals surface area contributed by atoms with Gasteiger partial charge in [-0.15, -0.1) is 0 Å². The molecule has 3 aromatic rings. The first-order valence-electron chi connectivity index (χ1n) is 10.0. The molecule has 2 N–H and O–H groups in total. The first-order valence-corrected chi connectivity index (χ1v) is 10.4. The minimum absolute atomic E-state index is 0.0138. The quantitative estimate of drug-likeness (QED) is 0.466. The van der Waals surface area contributed by atoms with E-state index in [1.54, 1.807) is 28.8 Å².